The fraction of sp³-hybridized carbons (Fsp3) is 1.00. The molecule has 0 aliphatic heterocycles. The highest BCUT2D eigenvalue weighted by Gasteiger charge is 2.44. The maximum atomic E-state index is 5.98. The average molecular weight is 227 g/mol. The van der Waals surface area contributed by atoms with Gasteiger partial charge >= 0.3 is 0 Å². The summed E-state index contributed by atoms with van der Waals surface area (Å²) < 4.78 is 5.98. The highest BCUT2D eigenvalue weighted by atomic mass is 16.5. The lowest BCUT2D eigenvalue weighted by Gasteiger charge is -2.46. The van der Waals surface area contributed by atoms with Crippen molar-refractivity contribution in [2.45, 2.75) is 70.9 Å². The van der Waals surface area contributed by atoms with E-state index < -0.39 is 0 Å². The summed E-state index contributed by atoms with van der Waals surface area (Å²) >= 11 is 0. The second-order valence-electron chi connectivity index (χ2n) is 6.27. The topological polar surface area (TPSA) is 21.3 Å². The van der Waals surface area contributed by atoms with Crippen molar-refractivity contribution in [2.24, 2.45) is 5.41 Å². The van der Waals surface area contributed by atoms with Crippen molar-refractivity contribution in [3.8, 4) is 0 Å². The van der Waals surface area contributed by atoms with Crippen LogP contribution in [0.3, 0.4) is 0 Å². The molecule has 16 heavy (non-hydrogen) atoms. The van der Waals surface area contributed by atoms with Crippen molar-refractivity contribution < 1.29 is 4.74 Å². The lowest BCUT2D eigenvalue weighted by Crippen LogP contribution is -2.57. The molecule has 1 N–H and O–H groups in total. The van der Waals surface area contributed by atoms with Crippen LogP contribution in [0.15, 0.2) is 0 Å². The number of rotatable bonds is 3. The average Bonchev–Trinajstić information content (AvgIpc) is 2.43. The zero-order chi connectivity index (χ0) is 12.2. The van der Waals surface area contributed by atoms with Gasteiger partial charge in [-0.15, -0.1) is 0 Å². The molecular formula is C14H29NO. The van der Waals surface area contributed by atoms with Gasteiger partial charge in [-0.05, 0) is 25.3 Å². The Labute approximate surface area is 101 Å². The lowest BCUT2D eigenvalue weighted by atomic mass is 9.72. The van der Waals surface area contributed by atoms with E-state index in [0.717, 1.165) is 0 Å². The van der Waals surface area contributed by atoms with Crippen molar-refractivity contribution in [2.75, 3.05) is 14.2 Å². The molecule has 1 atom stereocenters. The lowest BCUT2D eigenvalue weighted by molar-refractivity contribution is -0.0783. The third kappa shape index (κ3) is 2.98. The van der Waals surface area contributed by atoms with Gasteiger partial charge in [0.15, 0.2) is 0 Å². The van der Waals surface area contributed by atoms with Crippen LogP contribution in [0.4, 0.5) is 0 Å². The Hall–Kier alpha value is -0.0800. The third-order valence-electron chi connectivity index (χ3n) is 4.04. The van der Waals surface area contributed by atoms with Gasteiger partial charge in [0.05, 0.1) is 5.60 Å². The molecule has 0 aromatic heterocycles. The number of hydrogen-bond acceptors (Lipinski definition) is 2. The van der Waals surface area contributed by atoms with Gasteiger partial charge < -0.3 is 10.1 Å². The Bertz CT molecular complexity index is 199. The fourth-order valence-electron chi connectivity index (χ4n) is 3.42. The molecule has 0 saturated heterocycles. The van der Waals surface area contributed by atoms with Crippen molar-refractivity contribution in [3.63, 3.8) is 0 Å². The highest BCUT2D eigenvalue weighted by Crippen LogP contribution is 2.39. The van der Waals surface area contributed by atoms with E-state index in [1.165, 1.54) is 38.5 Å². The summed E-state index contributed by atoms with van der Waals surface area (Å²) in [5.41, 5.74) is 0.290. The maximum Gasteiger partial charge on any atom is 0.0835 e. The molecule has 2 heteroatoms. The van der Waals surface area contributed by atoms with Crippen LogP contribution in [0.25, 0.3) is 0 Å². The normalized spacial score (nSPS) is 23.8. The number of methoxy groups -OCH3 is 1. The molecule has 1 rings (SSSR count). The van der Waals surface area contributed by atoms with E-state index in [9.17, 15) is 0 Å². The van der Waals surface area contributed by atoms with Crippen LogP contribution < -0.4 is 5.32 Å². The highest BCUT2D eigenvalue weighted by molar-refractivity contribution is 4.99. The summed E-state index contributed by atoms with van der Waals surface area (Å²) in [6, 6.07) is 0.433. The van der Waals surface area contributed by atoms with Crippen LogP contribution in [-0.2, 0) is 4.74 Å². The molecule has 0 radical (unpaired) electrons. The van der Waals surface area contributed by atoms with Gasteiger partial charge in [0, 0.05) is 13.2 Å². The van der Waals surface area contributed by atoms with E-state index in [2.05, 4.69) is 33.1 Å². The summed E-state index contributed by atoms with van der Waals surface area (Å²) in [7, 11) is 3.96. The van der Waals surface area contributed by atoms with E-state index >= 15 is 0 Å². The van der Waals surface area contributed by atoms with E-state index in [1.54, 1.807) is 0 Å². The SMILES string of the molecule is CNC(C(C)(C)C)C1(OC)CCCCCC1. The van der Waals surface area contributed by atoms with Crippen molar-refractivity contribution in [1.29, 1.82) is 0 Å². The first-order valence-electron chi connectivity index (χ1n) is 6.69. The molecule has 1 aliphatic rings. The molecule has 1 unspecified atom stereocenters. The van der Waals surface area contributed by atoms with E-state index in [-0.39, 0.29) is 11.0 Å². The molecule has 1 aliphatic carbocycles. The van der Waals surface area contributed by atoms with Gasteiger partial charge in [-0.2, -0.15) is 0 Å². The predicted molar refractivity (Wildman–Crippen MR) is 69.7 cm³/mol. The van der Waals surface area contributed by atoms with E-state index in [1.807, 2.05) is 7.11 Å². The molecule has 96 valence electrons. The van der Waals surface area contributed by atoms with Crippen molar-refractivity contribution >= 4 is 0 Å². The van der Waals surface area contributed by atoms with Gasteiger partial charge in [0.2, 0.25) is 0 Å². The number of ether oxygens (including phenoxy) is 1. The zero-order valence-electron chi connectivity index (χ0n) is 11.7. The summed E-state index contributed by atoms with van der Waals surface area (Å²) in [6.07, 6.45) is 7.75. The van der Waals surface area contributed by atoms with E-state index in [4.69, 9.17) is 4.74 Å². The Morgan fingerprint density at radius 1 is 1.06 bits per heavy atom. The van der Waals surface area contributed by atoms with Gasteiger partial charge in [-0.3, -0.25) is 0 Å². The molecule has 1 saturated carbocycles. The minimum absolute atomic E-state index is 0.0451. The van der Waals surface area contributed by atoms with Gasteiger partial charge in [-0.25, -0.2) is 0 Å². The Morgan fingerprint density at radius 3 is 1.88 bits per heavy atom. The van der Waals surface area contributed by atoms with Crippen LogP contribution >= 0.6 is 0 Å². The maximum absolute atomic E-state index is 5.98. The first-order chi connectivity index (χ1) is 7.46. The molecule has 0 bridgehead atoms. The Kier molecular flexibility index (Phi) is 4.81. The smallest absolute Gasteiger partial charge is 0.0835 e. The second-order valence-corrected chi connectivity index (χ2v) is 6.27. The summed E-state index contributed by atoms with van der Waals surface area (Å²) in [4.78, 5) is 0. The molecular weight excluding hydrogens is 198 g/mol. The first kappa shape index (κ1) is 14.0. The molecule has 0 aromatic carbocycles. The Balaban J connectivity index is 2.90. The van der Waals surface area contributed by atoms with Crippen LogP contribution in [0.1, 0.15) is 59.3 Å². The predicted octanol–water partition coefficient (Wildman–Crippen LogP) is 3.36. The number of nitrogens with one attached hydrogen (secondary N) is 1. The minimum Gasteiger partial charge on any atom is -0.377 e. The van der Waals surface area contributed by atoms with Crippen LogP contribution in [0, 0.1) is 5.41 Å². The monoisotopic (exact) mass is 227 g/mol. The fourth-order valence-corrected chi connectivity index (χ4v) is 3.42. The first-order valence-corrected chi connectivity index (χ1v) is 6.69. The largest absolute Gasteiger partial charge is 0.377 e. The molecule has 2 nitrogen and oxygen atoms in total. The van der Waals surface area contributed by atoms with Gasteiger partial charge in [-0.1, -0.05) is 46.5 Å². The van der Waals surface area contributed by atoms with Crippen molar-refractivity contribution in [3.05, 3.63) is 0 Å². The number of hydrogen-bond donors (Lipinski definition) is 1. The molecule has 1 fully saturated rings. The molecule has 0 spiro atoms. The minimum atomic E-state index is 0.0451. The van der Waals surface area contributed by atoms with E-state index in [0.29, 0.717) is 6.04 Å². The molecule has 0 aromatic rings. The van der Waals surface area contributed by atoms with Crippen LogP contribution in [-0.4, -0.2) is 25.8 Å². The summed E-state index contributed by atoms with van der Waals surface area (Å²) in [5, 5.41) is 3.51. The van der Waals surface area contributed by atoms with Crippen LogP contribution in [0.2, 0.25) is 0 Å². The quantitative estimate of drug-likeness (QED) is 0.747. The van der Waals surface area contributed by atoms with Gasteiger partial charge in [0.1, 0.15) is 0 Å². The Morgan fingerprint density at radius 2 is 1.56 bits per heavy atom. The second kappa shape index (κ2) is 5.50. The molecule has 0 amide bonds. The standard InChI is InChI=1S/C14H29NO/c1-13(2,3)12(15-4)14(16-5)10-8-6-7-9-11-14/h12,15H,6-11H2,1-5H3. The number of likely N-dealkylation sites (N-methyl/N-ethyl adjacent to an activating group) is 1. The van der Waals surface area contributed by atoms with Crippen LogP contribution in [0.5, 0.6) is 0 Å². The summed E-state index contributed by atoms with van der Waals surface area (Å²) in [5.74, 6) is 0. The zero-order valence-corrected chi connectivity index (χ0v) is 11.7. The summed E-state index contributed by atoms with van der Waals surface area (Å²) in [6.45, 7) is 6.92. The van der Waals surface area contributed by atoms with Crippen molar-refractivity contribution in [1.82, 2.24) is 5.32 Å². The molecule has 0 heterocycles. The van der Waals surface area contributed by atoms with Gasteiger partial charge in [0.25, 0.3) is 0 Å². The third-order valence-corrected chi connectivity index (χ3v) is 4.04.